The van der Waals surface area contributed by atoms with Gasteiger partial charge < -0.3 is 25.4 Å². The molecule has 1 amide bonds. The van der Waals surface area contributed by atoms with Crippen LogP contribution in [0.25, 0.3) is 0 Å². The number of carbonyl (C=O) groups excluding carboxylic acids is 1. The third kappa shape index (κ3) is 5.93. The van der Waals surface area contributed by atoms with Crippen molar-refractivity contribution in [1.29, 1.82) is 5.26 Å². The molecule has 11 nitrogen and oxygen atoms in total. The van der Waals surface area contributed by atoms with Gasteiger partial charge in [-0.2, -0.15) is 20.2 Å². The van der Waals surface area contributed by atoms with Crippen LogP contribution in [0.4, 0.5) is 11.6 Å². The average Bonchev–Trinajstić information content (AvgIpc) is 3.82. The molecular weight excluding hydrogens is 460 g/mol. The van der Waals surface area contributed by atoms with Gasteiger partial charge in [-0.15, -0.1) is 0 Å². The molecular formula is C25H32N8O3. The fraction of sp³-hybridized carbons (Fsp3) is 0.600. The zero-order valence-corrected chi connectivity index (χ0v) is 20.5. The second-order valence-electron chi connectivity index (χ2n) is 10.0. The highest BCUT2D eigenvalue weighted by Crippen LogP contribution is 2.37. The molecule has 0 spiro atoms. The Hall–Kier alpha value is -3.68. The molecule has 190 valence electrons. The van der Waals surface area contributed by atoms with E-state index in [0.717, 1.165) is 45.2 Å². The highest BCUT2D eigenvalue weighted by Gasteiger charge is 2.38. The van der Waals surface area contributed by atoms with Crippen LogP contribution in [0, 0.1) is 35.0 Å². The van der Waals surface area contributed by atoms with Crippen LogP contribution in [0.3, 0.4) is 0 Å². The van der Waals surface area contributed by atoms with E-state index in [9.17, 15) is 4.79 Å². The lowest BCUT2D eigenvalue weighted by atomic mass is 9.98. The number of anilines is 2. The SMILES string of the molecule is C[C@H](NC(=O)c1nc(OC[C@H]2C[C@H]2C#N)nc(N2CCC(COc3cnccc3N)CC2)n1)C1CC1. The molecule has 0 bridgehead atoms. The van der Waals surface area contributed by atoms with Crippen LogP contribution in [-0.2, 0) is 0 Å². The van der Waals surface area contributed by atoms with E-state index in [4.69, 9.17) is 20.5 Å². The predicted molar refractivity (Wildman–Crippen MR) is 131 cm³/mol. The van der Waals surface area contributed by atoms with Gasteiger partial charge in [0.1, 0.15) is 0 Å². The molecule has 2 saturated carbocycles. The summed E-state index contributed by atoms with van der Waals surface area (Å²) in [6, 6.07) is 4.19. The number of aromatic nitrogens is 4. The van der Waals surface area contributed by atoms with Crippen LogP contribution < -0.4 is 25.4 Å². The Morgan fingerprint density at radius 3 is 2.72 bits per heavy atom. The van der Waals surface area contributed by atoms with Crippen molar-refractivity contribution in [2.24, 2.45) is 23.7 Å². The van der Waals surface area contributed by atoms with Gasteiger partial charge >= 0.3 is 6.01 Å². The van der Waals surface area contributed by atoms with Crippen molar-refractivity contribution < 1.29 is 14.3 Å². The molecule has 1 aliphatic heterocycles. The summed E-state index contributed by atoms with van der Waals surface area (Å²) in [5.41, 5.74) is 6.52. The lowest BCUT2D eigenvalue weighted by Gasteiger charge is -2.32. The number of nitrogens with one attached hydrogen (secondary N) is 1. The molecule has 36 heavy (non-hydrogen) atoms. The number of hydrogen-bond donors (Lipinski definition) is 2. The normalized spacial score (nSPS) is 22.4. The topological polar surface area (TPSA) is 152 Å². The van der Waals surface area contributed by atoms with E-state index in [1.807, 2.05) is 6.92 Å². The second kappa shape index (κ2) is 10.5. The Morgan fingerprint density at radius 2 is 2.03 bits per heavy atom. The van der Waals surface area contributed by atoms with Gasteiger partial charge in [-0.1, -0.05) is 0 Å². The number of amides is 1. The zero-order valence-electron chi connectivity index (χ0n) is 20.5. The summed E-state index contributed by atoms with van der Waals surface area (Å²) in [6.45, 7) is 4.37. The molecule has 3 N–H and O–H groups in total. The van der Waals surface area contributed by atoms with Gasteiger partial charge in [-0.05, 0) is 56.9 Å². The quantitative estimate of drug-likeness (QED) is 0.505. The van der Waals surface area contributed by atoms with Crippen molar-refractivity contribution >= 4 is 17.5 Å². The van der Waals surface area contributed by atoms with Crippen LogP contribution in [-0.4, -0.2) is 58.2 Å². The average molecular weight is 493 g/mol. The summed E-state index contributed by atoms with van der Waals surface area (Å²) < 4.78 is 11.7. The number of nitrogens with two attached hydrogens (primary N) is 1. The van der Waals surface area contributed by atoms with E-state index in [0.29, 0.717) is 42.4 Å². The standard InChI is InChI=1S/C25H32N8O3/c1-15(17-2-3-17)29-23(34)22-30-24(32-25(31-22)36-14-19-10-18(19)11-26)33-8-5-16(6-9-33)13-35-21-12-28-7-4-20(21)27/h4,7,12,15-19H,2-3,5-6,8-10,13-14H2,1H3,(H2,27,28)(H,29,34)/t15-,18-,19+/m0/s1. The molecule has 1 saturated heterocycles. The molecule has 3 fully saturated rings. The summed E-state index contributed by atoms with van der Waals surface area (Å²) in [5, 5.41) is 12.1. The number of nitrogen functional groups attached to an aromatic ring is 1. The molecule has 0 radical (unpaired) electrons. The molecule has 5 rings (SSSR count). The van der Waals surface area contributed by atoms with Gasteiger partial charge in [0, 0.05) is 31.2 Å². The van der Waals surface area contributed by atoms with Gasteiger partial charge in [0.2, 0.25) is 11.8 Å². The van der Waals surface area contributed by atoms with Crippen LogP contribution in [0.2, 0.25) is 0 Å². The summed E-state index contributed by atoms with van der Waals surface area (Å²) in [4.78, 5) is 32.3. The molecule has 2 aliphatic carbocycles. The smallest absolute Gasteiger partial charge is 0.321 e. The van der Waals surface area contributed by atoms with Crippen molar-refractivity contribution in [3.05, 3.63) is 24.3 Å². The first-order chi connectivity index (χ1) is 17.5. The lowest BCUT2D eigenvalue weighted by Crippen LogP contribution is -2.38. The Bertz CT molecular complexity index is 1130. The predicted octanol–water partition coefficient (Wildman–Crippen LogP) is 2.21. The third-order valence-electron chi connectivity index (χ3n) is 7.20. The van der Waals surface area contributed by atoms with Gasteiger partial charge in [0.05, 0.1) is 37.1 Å². The van der Waals surface area contributed by atoms with Crippen LogP contribution >= 0.6 is 0 Å². The van der Waals surface area contributed by atoms with Crippen molar-refractivity contribution in [2.45, 2.75) is 45.1 Å². The van der Waals surface area contributed by atoms with Crippen LogP contribution in [0.1, 0.15) is 49.6 Å². The van der Waals surface area contributed by atoms with Crippen molar-refractivity contribution in [2.75, 3.05) is 36.9 Å². The lowest BCUT2D eigenvalue weighted by molar-refractivity contribution is 0.0923. The van der Waals surface area contributed by atoms with E-state index in [1.165, 1.54) is 0 Å². The summed E-state index contributed by atoms with van der Waals surface area (Å²) in [5.74, 6) is 1.88. The number of ether oxygens (including phenoxy) is 2. The number of nitriles is 1. The molecule has 2 aromatic rings. The molecule has 0 aromatic carbocycles. The molecule has 3 heterocycles. The highest BCUT2D eigenvalue weighted by atomic mass is 16.5. The van der Waals surface area contributed by atoms with E-state index in [-0.39, 0.29) is 35.6 Å². The number of pyridine rings is 1. The molecule has 3 atom stereocenters. The van der Waals surface area contributed by atoms with Crippen molar-refractivity contribution in [1.82, 2.24) is 25.3 Å². The fourth-order valence-electron chi connectivity index (χ4n) is 4.43. The van der Waals surface area contributed by atoms with Crippen LogP contribution in [0.15, 0.2) is 18.5 Å². The maximum Gasteiger partial charge on any atom is 0.321 e. The Balaban J connectivity index is 1.23. The fourth-order valence-corrected chi connectivity index (χ4v) is 4.43. The van der Waals surface area contributed by atoms with Gasteiger partial charge in [-0.25, -0.2) is 0 Å². The van der Waals surface area contributed by atoms with E-state index in [1.54, 1.807) is 18.5 Å². The van der Waals surface area contributed by atoms with E-state index < -0.39 is 0 Å². The molecule has 11 heteroatoms. The first-order valence-electron chi connectivity index (χ1n) is 12.7. The number of hydrogen-bond acceptors (Lipinski definition) is 10. The third-order valence-corrected chi connectivity index (χ3v) is 7.20. The minimum Gasteiger partial charge on any atom is -0.490 e. The highest BCUT2D eigenvalue weighted by molar-refractivity contribution is 5.91. The molecule has 3 aliphatic rings. The maximum absolute atomic E-state index is 12.9. The van der Waals surface area contributed by atoms with Gasteiger partial charge in [-0.3, -0.25) is 9.78 Å². The molecule has 2 aromatic heterocycles. The van der Waals surface area contributed by atoms with Gasteiger partial charge in [0.25, 0.3) is 5.91 Å². The minimum absolute atomic E-state index is 0.0248. The monoisotopic (exact) mass is 492 g/mol. The summed E-state index contributed by atoms with van der Waals surface area (Å²) in [7, 11) is 0. The number of carbonyl (C=O) groups is 1. The zero-order chi connectivity index (χ0) is 25.1. The van der Waals surface area contributed by atoms with Crippen molar-refractivity contribution in [3.8, 4) is 17.8 Å². The first-order valence-corrected chi connectivity index (χ1v) is 12.7. The van der Waals surface area contributed by atoms with E-state index >= 15 is 0 Å². The number of piperidine rings is 1. The Morgan fingerprint density at radius 1 is 1.22 bits per heavy atom. The van der Waals surface area contributed by atoms with Crippen LogP contribution in [0.5, 0.6) is 11.8 Å². The van der Waals surface area contributed by atoms with E-state index in [2.05, 4.69) is 36.2 Å². The molecule has 0 unspecified atom stereocenters. The maximum atomic E-state index is 12.9. The first kappa shape index (κ1) is 24.0. The summed E-state index contributed by atoms with van der Waals surface area (Å²) in [6.07, 6.45) is 8.12. The largest absolute Gasteiger partial charge is 0.490 e. The Kier molecular flexibility index (Phi) is 7.02. The minimum atomic E-state index is -0.318. The van der Waals surface area contributed by atoms with Gasteiger partial charge in [0.15, 0.2) is 5.75 Å². The summed E-state index contributed by atoms with van der Waals surface area (Å²) >= 11 is 0. The second-order valence-corrected chi connectivity index (χ2v) is 10.0. The number of nitrogens with zero attached hydrogens (tertiary/aromatic N) is 6. The number of rotatable bonds is 10. The van der Waals surface area contributed by atoms with Crippen molar-refractivity contribution in [3.63, 3.8) is 0 Å². The Labute approximate surface area is 210 Å².